The molecule has 5 rings (SSSR count). The van der Waals surface area contributed by atoms with Crippen molar-refractivity contribution in [3.63, 3.8) is 0 Å². The molecule has 37 heavy (non-hydrogen) atoms. The van der Waals surface area contributed by atoms with Crippen LogP contribution in [0.25, 0.3) is 0 Å². The van der Waals surface area contributed by atoms with E-state index in [0.717, 1.165) is 23.6 Å². The summed E-state index contributed by atoms with van der Waals surface area (Å²) in [7, 11) is 3.36. The monoisotopic (exact) mass is 516 g/mol. The number of amides is 1. The number of rotatable bonds is 7. The van der Waals surface area contributed by atoms with E-state index >= 15 is 0 Å². The first-order chi connectivity index (χ1) is 17.6. The van der Waals surface area contributed by atoms with Gasteiger partial charge in [-0.3, -0.25) is 14.5 Å². The van der Waals surface area contributed by atoms with Crippen LogP contribution in [-0.4, -0.2) is 56.9 Å². The van der Waals surface area contributed by atoms with Gasteiger partial charge in [0, 0.05) is 44.6 Å². The number of aromatic nitrogens is 5. The molecule has 1 amide bonds. The number of pyridine rings is 1. The lowest BCUT2D eigenvalue weighted by molar-refractivity contribution is -0.141. The van der Waals surface area contributed by atoms with Gasteiger partial charge in [-0.25, -0.2) is 4.98 Å². The van der Waals surface area contributed by atoms with Crippen LogP contribution in [0.2, 0.25) is 0 Å². The molecule has 3 aromatic rings. The Labute approximate surface area is 211 Å². The number of hydrogen-bond donors (Lipinski definition) is 2. The minimum atomic E-state index is -4.45. The molecule has 4 heterocycles. The third-order valence-electron chi connectivity index (χ3n) is 6.86. The standard InChI is InChI=1S/C24H27F3N8O2/c1-12-19-21(34(3)20(13(2)37-4)22(36)32-19)33-23(31-12)29-8-14-9-30-35(11-14)17-7-16(17)15-5-6-18(28-10-15)24(25,26)27/h5-6,9-11,13,16-17,20H,7-8H2,1-4H3,(H,32,36)(H,29,31,33)/t13-,16?,17-,20?/m1/s1. The number of anilines is 3. The van der Waals surface area contributed by atoms with Crippen molar-refractivity contribution in [1.29, 1.82) is 0 Å². The molecule has 10 nitrogen and oxygen atoms in total. The Bertz CT molecular complexity index is 1310. The molecule has 4 atom stereocenters. The second-order valence-corrected chi connectivity index (χ2v) is 9.38. The van der Waals surface area contributed by atoms with E-state index in [2.05, 4.69) is 30.7 Å². The number of methoxy groups -OCH3 is 1. The van der Waals surface area contributed by atoms with Crippen LogP contribution in [0, 0.1) is 6.92 Å². The van der Waals surface area contributed by atoms with Gasteiger partial charge in [0.2, 0.25) is 11.9 Å². The SMILES string of the molecule is CO[C@H](C)C1C(=O)Nc2c(C)nc(NCc3cnn([C@@H]4CC4c4ccc(C(F)(F)F)nc4)c3)nc2N1C. The fourth-order valence-corrected chi connectivity index (χ4v) is 4.66. The summed E-state index contributed by atoms with van der Waals surface area (Å²) in [5.41, 5.74) is 1.99. The highest BCUT2D eigenvalue weighted by Crippen LogP contribution is 2.51. The number of nitrogens with one attached hydrogen (secondary N) is 2. The van der Waals surface area contributed by atoms with Gasteiger partial charge in [0.15, 0.2) is 5.82 Å². The van der Waals surface area contributed by atoms with E-state index in [1.807, 2.05) is 17.8 Å². The molecule has 3 aromatic heterocycles. The normalized spacial score (nSPS) is 21.9. The molecule has 0 spiro atoms. The maximum atomic E-state index is 12.8. The maximum Gasteiger partial charge on any atom is 0.433 e. The van der Waals surface area contributed by atoms with E-state index < -0.39 is 17.9 Å². The first-order valence-electron chi connectivity index (χ1n) is 11.8. The highest BCUT2D eigenvalue weighted by Gasteiger charge is 2.42. The van der Waals surface area contributed by atoms with Crippen molar-refractivity contribution in [2.75, 3.05) is 29.7 Å². The molecule has 0 radical (unpaired) electrons. The average Bonchev–Trinajstić information content (AvgIpc) is 3.52. The lowest BCUT2D eigenvalue weighted by Crippen LogP contribution is -2.53. The molecule has 1 fully saturated rings. The average molecular weight is 517 g/mol. The van der Waals surface area contributed by atoms with Crippen molar-refractivity contribution in [1.82, 2.24) is 24.7 Å². The number of aryl methyl sites for hydroxylation is 1. The van der Waals surface area contributed by atoms with Gasteiger partial charge in [-0.2, -0.15) is 23.3 Å². The van der Waals surface area contributed by atoms with Gasteiger partial charge >= 0.3 is 6.18 Å². The highest BCUT2D eigenvalue weighted by atomic mass is 19.4. The fourth-order valence-electron chi connectivity index (χ4n) is 4.66. The maximum absolute atomic E-state index is 12.8. The number of carbonyl (C=O) groups excluding carboxylic acids is 1. The van der Waals surface area contributed by atoms with E-state index in [0.29, 0.717) is 29.7 Å². The molecule has 1 aliphatic heterocycles. The van der Waals surface area contributed by atoms with Gasteiger partial charge < -0.3 is 20.3 Å². The Kier molecular flexibility index (Phi) is 6.26. The summed E-state index contributed by atoms with van der Waals surface area (Å²) in [6, 6.07) is 2.06. The van der Waals surface area contributed by atoms with Gasteiger partial charge in [0.1, 0.15) is 17.4 Å². The zero-order valence-corrected chi connectivity index (χ0v) is 20.7. The van der Waals surface area contributed by atoms with Crippen LogP contribution in [0.4, 0.5) is 30.6 Å². The van der Waals surface area contributed by atoms with Gasteiger partial charge in [-0.05, 0) is 31.9 Å². The van der Waals surface area contributed by atoms with Crippen LogP contribution in [0.1, 0.15) is 47.8 Å². The number of carbonyl (C=O) groups is 1. The van der Waals surface area contributed by atoms with Crippen LogP contribution in [0.5, 0.6) is 0 Å². The van der Waals surface area contributed by atoms with E-state index in [1.54, 1.807) is 32.2 Å². The molecule has 2 N–H and O–H groups in total. The number of likely N-dealkylation sites (N-methyl/N-ethyl adjacent to an activating group) is 1. The molecule has 0 aromatic carbocycles. The zero-order valence-electron chi connectivity index (χ0n) is 20.7. The van der Waals surface area contributed by atoms with Crippen LogP contribution in [0.3, 0.4) is 0 Å². The van der Waals surface area contributed by atoms with Crippen LogP contribution in [0.15, 0.2) is 30.7 Å². The summed E-state index contributed by atoms with van der Waals surface area (Å²) in [5.74, 6) is 0.922. The Hall–Kier alpha value is -3.74. The number of halogens is 3. The van der Waals surface area contributed by atoms with E-state index in [9.17, 15) is 18.0 Å². The van der Waals surface area contributed by atoms with Gasteiger partial charge in [0.25, 0.3) is 0 Å². The molecule has 2 unspecified atom stereocenters. The van der Waals surface area contributed by atoms with E-state index in [4.69, 9.17) is 4.74 Å². The minimum Gasteiger partial charge on any atom is -0.379 e. The summed E-state index contributed by atoms with van der Waals surface area (Å²) in [5, 5.41) is 10.5. The molecule has 196 valence electrons. The summed E-state index contributed by atoms with van der Waals surface area (Å²) in [6.07, 6.45) is 0.949. The smallest absolute Gasteiger partial charge is 0.379 e. The van der Waals surface area contributed by atoms with Crippen molar-refractivity contribution in [3.8, 4) is 0 Å². The Morgan fingerprint density at radius 2 is 2.05 bits per heavy atom. The van der Waals surface area contributed by atoms with Gasteiger partial charge in [0.05, 0.1) is 24.0 Å². The quantitative estimate of drug-likeness (QED) is 0.491. The van der Waals surface area contributed by atoms with E-state index in [1.165, 1.54) is 12.3 Å². The zero-order chi connectivity index (χ0) is 26.5. The van der Waals surface area contributed by atoms with Gasteiger partial charge in [-0.1, -0.05) is 6.07 Å². The Morgan fingerprint density at radius 1 is 1.27 bits per heavy atom. The summed E-state index contributed by atoms with van der Waals surface area (Å²) >= 11 is 0. The van der Waals surface area contributed by atoms with E-state index in [-0.39, 0.29) is 24.0 Å². The number of nitrogens with zero attached hydrogens (tertiary/aromatic N) is 6. The Morgan fingerprint density at radius 3 is 2.73 bits per heavy atom. The third-order valence-corrected chi connectivity index (χ3v) is 6.86. The minimum absolute atomic E-state index is 0.0755. The second-order valence-electron chi connectivity index (χ2n) is 9.38. The largest absolute Gasteiger partial charge is 0.433 e. The van der Waals surface area contributed by atoms with Crippen molar-refractivity contribution in [2.24, 2.45) is 0 Å². The summed E-state index contributed by atoms with van der Waals surface area (Å²) in [4.78, 5) is 27.0. The summed E-state index contributed by atoms with van der Waals surface area (Å²) < 4.78 is 45.5. The summed E-state index contributed by atoms with van der Waals surface area (Å²) in [6.45, 7) is 4.06. The molecule has 1 saturated carbocycles. The van der Waals surface area contributed by atoms with Crippen molar-refractivity contribution in [2.45, 2.75) is 57.1 Å². The molecule has 2 aliphatic rings. The molecule has 0 saturated heterocycles. The lowest BCUT2D eigenvalue weighted by Gasteiger charge is -2.37. The predicted molar refractivity (Wildman–Crippen MR) is 129 cm³/mol. The predicted octanol–water partition coefficient (Wildman–Crippen LogP) is 3.53. The van der Waals surface area contributed by atoms with Crippen molar-refractivity contribution >= 4 is 23.4 Å². The van der Waals surface area contributed by atoms with Gasteiger partial charge in [-0.15, -0.1) is 0 Å². The lowest BCUT2D eigenvalue weighted by atomic mass is 10.1. The number of ether oxygens (including phenoxy) is 1. The second kappa shape index (κ2) is 9.29. The topological polar surface area (TPSA) is 110 Å². The number of fused-ring (bicyclic) bond motifs is 1. The van der Waals surface area contributed by atoms with Crippen LogP contribution >= 0.6 is 0 Å². The first-order valence-corrected chi connectivity index (χ1v) is 11.8. The van der Waals surface area contributed by atoms with Crippen LogP contribution < -0.4 is 15.5 Å². The first kappa shape index (κ1) is 24.9. The third kappa shape index (κ3) is 4.82. The van der Waals surface area contributed by atoms with Crippen molar-refractivity contribution < 1.29 is 22.7 Å². The molecule has 1 aliphatic carbocycles. The number of alkyl halides is 3. The van der Waals surface area contributed by atoms with Crippen LogP contribution in [-0.2, 0) is 22.3 Å². The molecule has 0 bridgehead atoms. The molecule has 13 heteroatoms. The highest BCUT2D eigenvalue weighted by molar-refractivity contribution is 6.03. The molecular formula is C24H27F3N8O2. The Balaban J connectivity index is 1.24. The van der Waals surface area contributed by atoms with Crippen molar-refractivity contribution in [3.05, 3.63) is 53.2 Å². The fraction of sp³-hybridized carbons (Fsp3) is 0.458. The molecular weight excluding hydrogens is 489 g/mol. The number of hydrogen-bond acceptors (Lipinski definition) is 8.